The maximum Gasteiger partial charge on any atom is 0.341 e. The van der Waals surface area contributed by atoms with E-state index in [1.165, 1.54) is 19.4 Å². The summed E-state index contributed by atoms with van der Waals surface area (Å²) in [5.41, 5.74) is 6.64. The van der Waals surface area contributed by atoms with Gasteiger partial charge in [0.2, 0.25) is 0 Å². The monoisotopic (exact) mass is 259 g/mol. The van der Waals surface area contributed by atoms with Crippen LogP contribution in [-0.2, 0) is 4.74 Å². The molecule has 0 saturated carbocycles. The van der Waals surface area contributed by atoms with E-state index in [0.29, 0.717) is 5.75 Å². The summed E-state index contributed by atoms with van der Waals surface area (Å²) in [6, 6.07) is 4.96. The van der Waals surface area contributed by atoms with Crippen molar-refractivity contribution in [2.45, 2.75) is 6.92 Å². The number of anilines is 1. The van der Waals surface area contributed by atoms with Crippen LogP contribution in [0.3, 0.4) is 0 Å². The van der Waals surface area contributed by atoms with Crippen molar-refractivity contribution in [2.75, 3.05) is 12.8 Å². The van der Waals surface area contributed by atoms with Crippen molar-refractivity contribution in [3.05, 3.63) is 41.9 Å². The third-order valence-corrected chi connectivity index (χ3v) is 2.41. The molecule has 98 valence electrons. The molecule has 0 unspecified atom stereocenters. The molecule has 2 heterocycles. The van der Waals surface area contributed by atoms with E-state index in [1.807, 2.05) is 6.92 Å². The van der Waals surface area contributed by atoms with Crippen LogP contribution in [0, 0.1) is 6.92 Å². The molecule has 2 N–H and O–H groups in total. The summed E-state index contributed by atoms with van der Waals surface area (Å²) in [7, 11) is 1.29. The quantitative estimate of drug-likeness (QED) is 0.847. The van der Waals surface area contributed by atoms with E-state index >= 15 is 0 Å². The molecule has 0 spiro atoms. The Kier molecular flexibility index (Phi) is 3.61. The molecule has 2 rings (SSSR count). The van der Waals surface area contributed by atoms with Gasteiger partial charge in [0.05, 0.1) is 19.5 Å². The van der Waals surface area contributed by atoms with Gasteiger partial charge in [-0.15, -0.1) is 0 Å². The highest BCUT2D eigenvalue weighted by atomic mass is 16.5. The number of nitrogens with zero attached hydrogens (tertiary/aromatic N) is 2. The minimum absolute atomic E-state index is 0.217. The van der Waals surface area contributed by atoms with E-state index in [9.17, 15) is 4.79 Å². The number of carbonyl (C=O) groups excluding carboxylic acids is 1. The highest BCUT2D eigenvalue weighted by molar-refractivity contribution is 5.93. The van der Waals surface area contributed by atoms with Gasteiger partial charge in [-0.2, -0.15) is 0 Å². The largest absolute Gasteiger partial charge is 0.465 e. The Morgan fingerprint density at radius 3 is 2.68 bits per heavy atom. The topological polar surface area (TPSA) is 87.3 Å². The standard InChI is InChI=1S/C13H13N3O3/c1-8-3-4-9(6-15-8)19-11-7-16-12(14)5-10(11)13(17)18-2/h3-7H,1-2H3,(H2,14,16). The molecule has 0 saturated heterocycles. The Hall–Kier alpha value is -2.63. The summed E-state index contributed by atoms with van der Waals surface area (Å²) < 4.78 is 10.2. The number of methoxy groups -OCH3 is 1. The van der Waals surface area contributed by atoms with Crippen LogP contribution in [0.4, 0.5) is 5.82 Å². The molecule has 6 heteroatoms. The first-order valence-corrected chi connectivity index (χ1v) is 5.54. The predicted molar refractivity (Wildman–Crippen MR) is 69.0 cm³/mol. The van der Waals surface area contributed by atoms with Gasteiger partial charge in [-0.1, -0.05) is 0 Å². The average Bonchev–Trinajstić information content (AvgIpc) is 2.42. The third-order valence-electron chi connectivity index (χ3n) is 2.41. The fraction of sp³-hybridized carbons (Fsp3) is 0.154. The summed E-state index contributed by atoms with van der Waals surface area (Å²) in [4.78, 5) is 19.6. The maximum atomic E-state index is 11.6. The van der Waals surface area contributed by atoms with Crippen LogP contribution in [0.15, 0.2) is 30.6 Å². The lowest BCUT2D eigenvalue weighted by Crippen LogP contribution is -2.06. The molecule has 0 atom stereocenters. The molecule has 19 heavy (non-hydrogen) atoms. The van der Waals surface area contributed by atoms with Crippen LogP contribution in [0.5, 0.6) is 11.5 Å². The van der Waals surface area contributed by atoms with Crippen molar-refractivity contribution < 1.29 is 14.3 Å². The predicted octanol–water partition coefficient (Wildman–Crippen LogP) is 1.95. The smallest absolute Gasteiger partial charge is 0.341 e. The molecule has 0 aliphatic heterocycles. The van der Waals surface area contributed by atoms with Crippen LogP contribution in [0.1, 0.15) is 16.1 Å². The second kappa shape index (κ2) is 5.34. The van der Waals surface area contributed by atoms with Gasteiger partial charge in [0.1, 0.15) is 17.1 Å². The van der Waals surface area contributed by atoms with Crippen molar-refractivity contribution in [1.29, 1.82) is 0 Å². The van der Waals surface area contributed by atoms with E-state index in [4.69, 9.17) is 10.5 Å². The van der Waals surface area contributed by atoms with Crippen molar-refractivity contribution in [2.24, 2.45) is 0 Å². The van der Waals surface area contributed by atoms with Gasteiger partial charge in [-0.05, 0) is 25.1 Å². The number of hydrogen-bond donors (Lipinski definition) is 1. The summed E-state index contributed by atoms with van der Waals surface area (Å²) >= 11 is 0. The molecule has 0 aromatic carbocycles. The number of rotatable bonds is 3. The minimum atomic E-state index is -0.538. The molecule has 0 amide bonds. The van der Waals surface area contributed by atoms with Gasteiger partial charge >= 0.3 is 5.97 Å². The Morgan fingerprint density at radius 2 is 2.05 bits per heavy atom. The number of hydrogen-bond acceptors (Lipinski definition) is 6. The van der Waals surface area contributed by atoms with Gasteiger partial charge in [-0.3, -0.25) is 4.98 Å². The number of esters is 1. The number of carbonyl (C=O) groups is 1. The zero-order chi connectivity index (χ0) is 13.8. The summed E-state index contributed by atoms with van der Waals surface area (Å²) in [5.74, 6) is 0.452. The van der Waals surface area contributed by atoms with Crippen molar-refractivity contribution in [1.82, 2.24) is 9.97 Å². The minimum Gasteiger partial charge on any atom is -0.465 e. The summed E-state index contributed by atoms with van der Waals surface area (Å²) in [6.45, 7) is 1.87. The maximum absolute atomic E-state index is 11.6. The van der Waals surface area contributed by atoms with Crippen LogP contribution in [0.2, 0.25) is 0 Å². The lowest BCUT2D eigenvalue weighted by atomic mass is 10.2. The molecule has 0 fully saturated rings. The van der Waals surface area contributed by atoms with Crippen LogP contribution in [0.25, 0.3) is 0 Å². The van der Waals surface area contributed by atoms with E-state index in [1.54, 1.807) is 18.3 Å². The molecular weight excluding hydrogens is 246 g/mol. The molecule has 2 aromatic heterocycles. The Morgan fingerprint density at radius 1 is 1.26 bits per heavy atom. The van der Waals surface area contributed by atoms with E-state index in [-0.39, 0.29) is 17.1 Å². The molecule has 6 nitrogen and oxygen atoms in total. The number of ether oxygens (including phenoxy) is 2. The van der Waals surface area contributed by atoms with E-state index in [2.05, 4.69) is 14.7 Å². The van der Waals surface area contributed by atoms with E-state index in [0.717, 1.165) is 5.69 Å². The van der Waals surface area contributed by atoms with Crippen molar-refractivity contribution in [3.8, 4) is 11.5 Å². The number of pyridine rings is 2. The van der Waals surface area contributed by atoms with Crippen molar-refractivity contribution >= 4 is 11.8 Å². The Bertz CT molecular complexity index is 597. The first-order chi connectivity index (χ1) is 9.10. The third kappa shape index (κ3) is 2.98. The lowest BCUT2D eigenvalue weighted by Gasteiger charge is -2.09. The first kappa shape index (κ1) is 12.8. The van der Waals surface area contributed by atoms with Gasteiger partial charge in [0, 0.05) is 5.69 Å². The number of aryl methyl sites for hydroxylation is 1. The Labute approximate surface area is 110 Å². The fourth-order valence-electron chi connectivity index (χ4n) is 1.45. The van der Waals surface area contributed by atoms with Gasteiger partial charge in [0.15, 0.2) is 5.75 Å². The van der Waals surface area contributed by atoms with Gasteiger partial charge in [-0.25, -0.2) is 9.78 Å². The number of nitrogens with two attached hydrogens (primary N) is 1. The second-order valence-electron chi connectivity index (χ2n) is 3.83. The molecular formula is C13H13N3O3. The summed E-state index contributed by atoms with van der Waals surface area (Å²) in [6.07, 6.45) is 2.94. The zero-order valence-corrected chi connectivity index (χ0v) is 10.6. The summed E-state index contributed by atoms with van der Waals surface area (Å²) in [5, 5.41) is 0. The second-order valence-corrected chi connectivity index (χ2v) is 3.83. The zero-order valence-electron chi connectivity index (χ0n) is 10.6. The molecule has 0 bridgehead atoms. The van der Waals surface area contributed by atoms with E-state index < -0.39 is 5.97 Å². The van der Waals surface area contributed by atoms with Crippen LogP contribution in [-0.4, -0.2) is 23.0 Å². The highest BCUT2D eigenvalue weighted by Gasteiger charge is 2.15. The molecule has 0 aliphatic rings. The normalized spacial score (nSPS) is 10.0. The Balaban J connectivity index is 2.34. The SMILES string of the molecule is COC(=O)c1cc(N)ncc1Oc1ccc(C)nc1. The van der Waals surface area contributed by atoms with Crippen LogP contribution < -0.4 is 10.5 Å². The van der Waals surface area contributed by atoms with Crippen molar-refractivity contribution in [3.63, 3.8) is 0 Å². The van der Waals surface area contributed by atoms with Gasteiger partial charge < -0.3 is 15.2 Å². The highest BCUT2D eigenvalue weighted by Crippen LogP contribution is 2.25. The van der Waals surface area contributed by atoms with Crippen LogP contribution >= 0.6 is 0 Å². The fourth-order valence-corrected chi connectivity index (χ4v) is 1.45. The molecule has 2 aromatic rings. The molecule has 0 radical (unpaired) electrons. The lowest BCUT2D eigenvalue weighted by molar-refractivity contribution is 0.0598. The average molecular weight is 259 g/mol. The first-order valence-electron chi connectivity index (χ1n) is 5.54. The number of nitrogen functional groups attached to an aromatic ring is 1. The molecule has 0 aliphatic carbocycles. The van der Waals surface area contributed by atoms with Gasteiger partial charge in [0.25, 0.3) is 0 Å². The number of aromatic nitrogens is 2.